The molecule has 0 atom stereocenters. The van der Waals surface area contributed by atoms with Gasteiger partial charge in [0.1, 0.15) is 5.82 Å². The zero-order valence-electron chi connectivity index (χ0n) is 14.3. The van der Waals surface area contributed by atoms with Gasteiger partial charge in [-0.3, -0.25) is 4.79 Å². The van der Waals surface area contributed by atoms with Crippen LogP contribution in [0.15, 0.2) is 24.3 Å². The number of aryl methyl sites for hydroxylation is 1. The van der Waals surface area contributed by atoms with E-state index in [1.54, 1.807) is 23.7 Å². The molecule has 1 amide bonds. The third kappa shape index (κ3) is 5.32. The molecule has 0 aliphatic heterocycles. The first kappa shape index (κ1) is 18.4. The van der Waals surface area contributed by atoms with Gasteiger partial charge in [0, 0.05) is 24.8 Å². The summed E-state index contributed by atoms with van der Waals surface area (Å²) in [5.74, 6) is 1.03. The van der Waals surface area contributed by atoms with Crippen molar-refractivity contribution in [1.82, 2.24) is 20.1 Å². The fraction of sp³-hybridized carbons (Fsp3) is 0.471. The summed E-state index contributed by atoms with van der Waals surface area (Å²) in [5.41, 5.74) is 0.811. The maximum absolute atomic E-state index is 12.1. The summed E-state index contributed by atoms with van der Waals surface area (Å²) < 4.78 is 7.10. The van der Waals surface area contributed by atoms with Crippen LogP contribution in [-0.2, 0) is 4.74 Å². The van der Waals surface area contributed by atoms with E-state index < -0.39 is 0 Å². The quantitative estimate of drug-likeness (QED) is 0.743. The second kappa shape index (κ2) is 8.80. The number of benzene rings is 1. The fourth-order valence-corrected chi connectivity index (χ4v) is 2.21. The van der Waals surface area contributed by atoms with Crippen LogP contribution in [0, 0.1) is 12.8 Å². The number of ether oxygens (including phenoxy) is 1. The predicted octanol–water partition coefficient (Wildman–Crippen LogP) is 3.02. The lowest BCUT2D eigenvalue weighted by Gasteiger charge is -2.06. The summed E-state index contributed by atoms with van der Waals surface area (Å²) in [6, 6.07) is 7.21. The highest BCUT2D eigenvalue weighted by molar-refractivity contribution is 6.30. The monoisotopic (exact) mass is 350 g/mol. The predicted molar refractivity (Wildman–Crippen MR) is 93.7 cm³/mol. The van der Waals surface area contributed by atoms with Crippen molar-refractivity contribution < 1.29 is 9.53 Å². The van der Waals surface area contributed by atoms with Gasteiger partial charge in [0.25, 0.3) is 5.91 Å². The first-order valence-electron chi connectivity index (χ1n) is 8.03. The summed E-state index contributed by atoms with van der Waals surface area (Å²) >= 11 is 5.89. The van der Waals surface area contributed by atoms with E-state index in [1.165, 1.54) is 0 Å². The van der Waals surface area contributed by atoms with Crippen molar-refractivity contribution in [2.75, 3.05) is 19.8 Å². The Kier molecular flexibility index (Phi) is 6.75. The Morgan fingerprint density at radius 1 is 1.33 bits per heavy atom. The van der Waals surface area contributed by atoms with Gasteiger partial charge in [-0.05, 0) is 43.5 Å². The maximum Gasteiger partial charge on any atom is 0.290 e. The molecule has 2 aromatic rings. The number of hydrogen-bond acceptors (Lipinski definition) is 4. The van der Waals surface area contributed by atoms with E-state index >= 15 is 0 Å². The number of halogens is 1. The summed E-state index contributed by atoms with van der Waals surface area (Å²) in [7, 11) is 0. The Bertz CT molecular complexity index is 668. The normalized spacial score (nSPS) is 11.0. The van der Waals surface area contributed by atoms with Crippen molar-refractivity contribution >= 4 is 17.5 Å². The molecular formula is C17H23ClN4O2. The molecule has 0 aliphatic carbocycles. The highest BCUT2D eigenvalue weighted by atomic mass is 35.5. The van der Waals surface area contributed by atoms with Crippen LogP contribution in [0.3, 0.4) is 0 Å². The Morgan fingerprint density at radius 3 is 2.71 bits per heavy atom. The van der Waals surface area contributed by atoms with Gasteiger partial charge in [-0.25, -0.2) is 9.67 Å². The molecule has 0 saturated carbocycles. The number of aromatic nitrogens is 3. The average Bonchev–Trinajstić information content (AvgIpc) is 2.93. The number of rotatable bonds is 8. The van der Waals surface area contributed by atoms with Crippen LogP contribution in [0.1, 0.15) is 36.7 Å². The van der Waals surface area contributed by atoms with Crippen LogP contribution in [0.5, 0.6) is 0 Å². The molecular weight excluding hydrogens is 328 g/mol. The number of nitrogens with one attached hydrogen (secondary N) is 1. The molecule has 1 aromatic heterocycles. The Balaban J connectivity index is 1.87. The first-order valence-corrected chi connectivity index (χ1v) is 8.40. The van der Waals surface area contributed by atoms with Gasteiger partial charge in [-0.1, -0.05) is 25.4 Å². The molecule has 130 valence electrons. The van der Waals surface area contributed by atoms with Gasteiger partial charge < -0.3 is 10.1 Å². The van der Waals surface area contributed by atoms with Gasteiger partial charge in [-0.2, -0.15) is 0 Å². The zero-order chi connectivity index (χ0) is 17.5. The minimum absolute atomic E-state index is 0.158. The Hall–Kier alpha value is -1.92. The van der Waals surface area contributed by atoms with E-state index in [0.29, 0.717) is 29.9 Å². The van der Waals surface area contributed by atoms with E-state index in [-0.39, 0.29) is 11.7 Å². The van der Waals surface area contributed by atoms with Crippen LogP contribution >= 0.6 is 11.6 Å². The lowest BCUT2D eigenvalue weighted by Crippen LogP contribution is -2.26. The molecule has 1 aromatic carbocycles. The van der Waals surface area contributed by atoms with Gasteiger partial charge in [0.15, 0.2) is 0 Å². The molecule has 0 bridgehead atoms. The Labute approximate surface area is 147 Å². The van der Waals surface area contributed by atoms with Gasteiger partial charge in [0.05, 0.1) is 5.69 Å². The van der Waals surface area contributed by atoms with E-state index in [9.17, 15) is 4.79 Å². The highest BCUT2D eigenvalue weighted by Crippen LogP contribution is 2.14. The number of amides is 1. The molecule has 0 unspecified atom stereocenters. The minimum Gasteiger partial charge on any atom is -0.381 e. The van der Waals surface area contributed by atoms with E-state index in [0.717, 1.165) is 18.7 Å². The average molecular weight is 351 g/mol. The molecule has 1 N–H and O–H groups in total. The third-order valence-corrected chi connectivity index (χ3v) is 3.50. The molecule has 7 heteroatoms. The van der Waals surface area contributed by atoms with E-state index in [2.05, 4.69) is 29.2 Å². The number of carbonyl (C=O) groups excluding carboxylic acids is 1. The second-order valence-corrected chi connectivity index (χ2v) is 6.39. The van der Waals surface area contributed by atoms with E-state index in [4.69, 9.17) is 16.3 Å². The smallest absolute Gasteiger partial charge is 0.290 e. The highest BCUT2D eigenvalue weighted by Gasteiger charge is 2.14. The van der Waals surface area contributed by atoms with Gasteiger partial charge >= 0.3 is 0 Å². The van der Waals surface area contributed by atoms with Gasteiger partial charge in [-0.15, -0.1) is 5.10 Å². The molecule has 0 spiro atoms. The van der Waals surface area contributed by atoms with Crippen molar-refractivity contribution in [2.24, 2.45) is 5.92 Å². The SMILES string of the molecule is Cc1nc(C(=O)NCCCOCC(C)C)nn1-c1ccc(Cl)cc1. The molecule has 0 saturated heterocycles. The summed E-state index contributed by atoms with van der Waals surface area (Å²) in [6.45, 7) is 7.91. The summed E-state index contributed by atoms with van der Waals surface area (Å²) in [4.78, 5) is 16.3. The minimum atomic E-state index is -0.283. The molecule has 1 heterocycles. The lowest BCUT2D eigenvalue weighted by molar-refractivity contribution is 0.0916. The van der Waals surface area contributed by atoms with Crippen LogP contribution in [0.4, 0.5) is 0 Å². The second-order valence-electron chi connectivity index (χ2n) is 5.95. The van der Waals surface area contributed by atoms with Crippen molar-refractivity contribution in [3.8, 4) is 5.69 Å². The van der Waals surface area contributed by atoms with E-state index in [1.807, 2.05) is 12.1 Å². The van der Waals surface area contributed by atoms with Crippen LogP contribution < -0.4 is 5.32 Å². The lowest BCUT2D eigenvalue weighted by atomic mass is 10.2. The summed E-state index contributed by atoms with van der Waals surface area (Å²) in [5, 5.41) is 7.72. The summed E-state index contributed by atoms with van der Waals surface area (Å²) in [6.07, 6.45) is 0.759. The number of nitrogens with zero attached hydrogens (tertiary/aromatic N) is 3. The third-order valence-electron chi connectivity index (χ3n) is 3.25. The van der Waals surface area contributed by atoms with Gasteiger partial charge in [0.2, 0.25) is 5.82 Å². The number of hydrogen-bond donors (Lipinski definition) is 1. The molecule has 0 fully saturated rings. The first-order chi connectivity index (χ1) is 11.5. The zero-order valence-corrected chi connectivity index (χ0v) is 15.0. The Morgan fingerprint density at radius 2 is 2.04 bits per heavy atom. The number of carbonyl (C=O) groups is 1. The molecule has 0 aliphatic rings. The molecule has 2 rings (SSSR count). The van der Waals surface area contributed by atoms with Crippen molar-refractivity contribution in [3.63, 3.8) is 0 Å². The standard InChI is InChI=1S/C17H23ClN4O2/c1-12(2)11-24-10-4-9-19-17(23)16-20-13(3)22(21-16)15-7-5-14(18)6-8-15/h5-8,12H,4,9-11H2,1-3H3,(H,19,23). The van der Waals surface area contributed by atoms with Crippen LogP contribution in [0.25, 0.3) is 5.69 Å². The van der Waals surface area contributed by atoms with Crippen LogP contribution in [0.2, 0.25) is 5.02 Å². The molecule has 24 heavy (non-hydrogen) atoms. The van der Waals surface area contributed by atoms with Crippen molar-refractivity contribution in [1.29, 1.82) is 0 Å². The molecule has 6 nitrogen and oxygen atoms in total. The van der Waals surface area contributed by atoms with Crippen molar-refractivity contribution in [2.45, 2.75) is 27.2 Å². The maximum atomic E-state index is 12.1. The van der Waals surface area contributed by atoms with Crippen LogP contribution in [-0.4, -0.2) is 40.4 Å². The largest absolute Gasteiger partial charge is 0.381 e. The fourth-order valence-electron chi connectivity index (χ4n) is 2.09. The topological polar surface area (TPSA) is 69.0 Å². The van der Waals surface area contributed by atoms with Crippen molar-refractivity contribution in [3.05, 3.63) is 40.9 Å². The molecule has 0 radical (unpaired) electrons.